The Hall–Kier alpha value is -1.61. The van der Waals surface area contributed by atoms with Crippen LogP contribution < -0.4 is 5.32 Å². The van der Waals surface area contributed by atoms with Crippen LogP contribution in [0.25, 0.3) is 0 Å². The summed E-state index contributed by atoms with van der Waals surface area (Å²) in [4.78, 5) is 10.7. The van der Waals surface area contributed by atoms with E-state index in [9.17, 15) is 26.4 Å². The lowest BCUT2D eigenvalue weighted by atomic mass is 10.2. The first-order valence-electron chi connectivity index (χ1n) is 5.37. The summed E-state index contributed by atoms with van der Waals surface area (Å²) in [5.74, 6) is -2.15. The van der Waals surface area contributed by atoms with Crippen molar-refractivity contribution in [3.8, 4) is 0 Å². The van der Waals surface area contributed by atoms with Crippen molar-refractivity contribution in [2.24, 2.45) is 0 Å². The van der Waals surface area contributed by atoms with E-state index >= 15 is 0 Å². The van der Waals surface area contributed by atoms with Gasteiger partial charge in [-0.1, -0.05) is 6.07 Å². The number of halogens is 3. The molecule has 0 aliphatic rings. The van der Waals surface area contributed by atoms with Crippen molar-refractivity contribution in [3.05, 3.63) is 23.8 Å². The first-order valence-corrected chi connectivity index (χ1v) is 6.81. The number of hydrogen-bond acceptors (Lipinski definition) is 3. The lowest BCUT2D eigenvalue weighted by Gasteiger charge is -2.15. The topological polar surface area (TPSA) is 66.5 Å². The summed E-state index contributed by atoms with van der Waals surface area (Å²) in [6.45, 7) is 1.46. The molecule has 1 N–H and O–H groups in total. The maximum absolute atomic E-state index is 12.2. The molecule has 0 atom stereocenters. The number of alkyl halides is 3. The smallest absolute Gasteiger partial charge is 0.318 e. The van der Waals surface area contributed by atoms with Gasteiger partial charge in [-0.15, -0.1) is 0 Å². The lowest BCUT2D eigenvalue weighted by Crippen LogP contribution is -2.30. The average Bonchev–Trinajstić information content (AvgIpc) is 2.30. The number of nitrogens with one attached hydrogen (secondary N) is 1. The maximum Gasteiger partial charge on any atom is 0.471 e. The number of sulfonamides is 1. The van der Waals surface area contributed by atoms with Gasteiger partial charge in [-0.25, -0.2) is 12.7 Å². The van der Waals surface area contributed by atoms with E-state index in [0.29, 0.717) is 5.56 Å². The van der Waals surface area contributed by atoms with Crippen LogP contribution in [0.15, 0.2) is 23.1 Å². The van der Waals surface area contributed by atoms with Crippen molar-refractivity contribution in [1.82, 2.24) is 4.31 Å². The van der Waals surface area contributed by atoms with Crippen LogP contribution >= 0.6 is 0 Å². The average molecular weight is 310 g/mol. The molecule has 0 spiro atoms. The second kappa shape index (κ2) is 5.41. The van der Waals surface area contributed by atoms with Crippen LogP contribution in [-0.2, 0) is 14.8 Å². The zero-order valence-corrected chi connectivity index (χ0v) is 11.8. The first kappa shape index (κ1) is 16.4. The van der Waals surface area contributed by atoms with E-state index in [1.165, 1.54) is 33.2 Å². The highest BCUT2D eigenvalue weighted by Gasteiger charge is 2.39. The summed E-state index contributed by atoms with van der Waals surface area (Å²) in [5, 5.41) is 1.65. The molecule has 0 fully saturated rings. The second-order valence-electron chi connectivity index (χ2n) is 4.22. The van der Waals surface area contributed by atoms with E-state index < -0.39 is 22.1 Å². The van der Waals surface area contributed by atoms with Crippen molar-refractivity contribution in [3.63, 3.8) is 0 Å². The highest BCUT2D eigenvalue weighted by atomic mass is 32.2. The number of amides is 1. The summed E-state index contributed by atoms with van der Waals surface area (Å²) >= 11 is 0. The largest absolute Gasteiger partial charge is 0.471 e. The van der Waals surface area contributed by atoms with Crippen LogP contribution in [0.3, 0.4) is 0 Å². The van der Waals surface area contributed by atoms with Crippen molar-refractivity contribution < 1.29 is 26.4 Å². The zero-order chi connectivity index (χ0) is 15.7. The Kier molecular flexibility index (Phi) is 4.45. The standard InChI is InChI=1S/C11H13F3N2O3S/c1-7-4-5-8(20(18,19)16(2)3)6-9(7)15-10(17)11(12,13)14/h4-6H,1-3H3,(H,15,17). The van der Waals surface area contributed by atoms with Gasteiger partial charge in [-0.2, -0.15) is 13.2 Å². The summed E-state index contributed by atoms with van der Waals surface area (Å²) in [6.07, 6.45) is -5.04. The van der Waals surface area contributed by atoms with E-state index in [0.717, 1.165) is 10.4 Å². The first-order chi connectivity index (χ1) is 8.96. The minimum atomic E-state index is -5.04. The molecule has 0 heterocycles. The third-order valence-electron chi connectivity index (χ3n) is 2.49. The summed E-state index contributed by atoms with van der Waals surface area (Å²) in [5.41, 5.74) is 0.121. The number of anilines is 1. The molecule has 0 saturated carbocycles. The highest BCUT2D eigenvalue weighted by Crippen LogP contribution is 2.24. The molecule has 5 nitrogen and oxygen atoms in total. The number of carbonyl (C=O) groups is 1. The maximum atomic E-state index is 12.2. The van der Waals surface area contributed by atoms with Gasteiger partial charge in [0.15, 0.2) is 0 Å². The Bertz CT molecular complexity index is 624. The summed E-state index contributed by atoms with van der Waals surface area (Å²) in [7, 11) is -1.20. The van der Waals surface area contributed by atoms with Gasteiger partial charge in [-0.3, -0.25) is 4.79 Å². The van der Waals surface area contributed by atoms with Crippen molar-refractivity contribution >= 4 is 21.6 Å². The van der Waals surface area contributed by atoms with Gasteiger partial charge in [0.1, 0.15) is 0 Å². The number of nitrogens with zero attached hydrogens (tertiary/aromatic N) is 1. The molecular weight excluding hydrogens is 297 g/mol. The van der Waals surface area contributed by atoms with Crippen LogP contribution in [0, 0.1) is 6.92 Å². The van der Waals surface area contributed by atoms with E-state index in [1.807, 2.05) is 0 Å². The lowest BCUT2D eigenvalue weighted by molar-refractivity contribution is -0.167. The van der Waals surface area contributed by atoms with Gasteiger partial charge in [-0.05, 0) is 24.6 Å². The molecule has 9 heteroatoms. The molecule has 112 valence electrons. The molecule has 1 aromatic rings. The molecule has 0 aliphatic carbocycles. The molecule has 0 aromatic heterocycles. The molecule has 0 saturated heterocycles. The Morgan fingerprint density at radius 1 is 1.25 bits per heavy atom. The Morgan fingerprint density at radius 2 is 1.80 bits per heavy atom. The SMILES string of the molecule is Cc1ccc(S(=O)(=O)N(C)C)cc1NC(=O)C(F)(F)F. The predicted octanol–water partition coefficient (Wildman–Crippen LogP) is 1.75. The molecule has 0 unspecified atom stereocenters. The fourth-order valence-electron chi connectivity index (χ4n) is 1.30. The van der Waals surface area contributed by atoms with Gasteiger partial charge < -0.3 is 5.32 Å². The van der Waals surface area contributed by atoms with E-state index in [2.05, 4.69) is 0 Å². The quantitative estimate of drug-likeness (QED) is 0.925. The number of aryl methyl sites for hydroxylation is 1. The van der Waals surface area contributed by atoms with Crippen molar-refractivity contribution in [2.45, 2.75) is 18.0 Å². The number of carbonyl (C=O) groups excluding carboxylic acids is 1. The van der Waals surface area contributed by atoms with Gasteiger partial charge in [0.2, 0.25) is 10.0 Å². The van der Waals surface area contributed by atoms with Gasteiger partial charge in [0, 0.05) is 19.8 Å². The van der Waals surface area contributed by atoms with Crippen LogP contribution in [0.1, 0.15) is 5.56 Å². The molecule has 0 radical (unpaired) electrons. The third kappa shape index (κ3) is 3.48. The summed E-state index contributed by atoms with van der Waals surface area (Å²) in [6, 6.07) is 3.57. The van der Waals surface area contributed by atoms with Crippen LogP contribution in [0.5, 0.6) is 0 Å². The Labute approximate surface area is 114 Å². The van der Waals surface area contributed by atoms with Crippen LogP contribution in [-0.4, -0.2) is 38.9 Å². The molecule has 1 aromatic carbocycles. The van der Waals surface area contributed by atoms with Crippen LogP contribution in [0.4, 0.5) is 18.9 Å². The third-order valence-corrected chi connectivity index (χ3v) is 4.30. The molecule has 1 amide bonds. The second-order valence-corrected chi connectivity index (χ2v) is 6.37. The highest BCUT2D eigenvalue weighted by molar-refractivity contribution is 7.89. The Balaban J connectivity index is 3.21. The summed E-state index contributed by atoms with van der Waals surface area (Å²) < 4.78 is 61.2. The zero-order valence-electron chi connectivity index (χ0n) is 10.9. The van der Waals surface area contributed by atoms with E-state index in [1.54, 1.807) is 5.32 Å². The number of hydrogen-bond donors (Lipinski definition) is 1. The van der Waals surface area contributed by atoms with Crippen LogP contribution in [0.2, 0.25) is 0 Å². The van der Waals surface area contributed by atoms with E-state index in [4.69, 9.17) is 0 Å². The molecule has 0 aliphatic heterocycles. The monoisotopic (exact) mass is 310 g/mol. The molecule has 1 rings (SSSR count). The van der Waals surface area contributed by atoms with Crippen molar-refractivity contribution in [2.75, 3.05) is 19.4 Å². The van der Waals surface area contributed by atoms with Crippen molar-refractivity contribution in [1.29, 1.82) is 0 Å². The minimum absolute atomic E-state index is 0.199. The van der Waals surface area contributed by atoms with E-state index in [-0.39, 0.29) is 10.6 Å². The Morgan fingerprint density at radius 3 is 2.25 bits per heavy atom. The predicted molar refractivity (Wildman–Crippen MR) is 66.7 cm³/mol. The fraction of sp³-hybridized carbons (Fsp3) is 0.364. The van der Waals surface area contributed by atoms with Gasteiger partial charge >= 0.3 is 12.1 Å². The minimum Gasteiger partial charge on any atom is -0.318 e. The molecule has 0 bridgehead atoms. The molecular formula is C11H13F3N2O3S. The number of rotatable bonds is 3. The number of benzene rings is 1. The fourth-order valence-corrected chi connectivity index (χ4v) is 2.23. The molecule has 20 heavy (non-hydrogen) atoms. The normalized spacial score (nSPS) is 12.6. The van der Waals surface area contributed by atoms with Gasteiger partial charge in [0.25, 0.3) is 0 Å². The van der Waals surface area contributed by atoms with Gasteiger partial charge in [0.05, 0.1) is 4.90 Å².